The van der Waals surface area contributed by atoms with E-state index in [1.165, 1.54) is 19.0 Å². The van der Waals surface area contributed by atoms with Crippen molar-refractivity contribution >= 4 is 46.4 Å². The van der Waals surface area contributed by atoms with Gasteiger partial charge in [-0.3, -0.25) is 0 Å². The zero-order chi connectivity index (χ0) is 15.8. The Morgan fingerprint density at radius 1 is 0.727 bits per heavy atom. The molecule has 3 rings (SSSR count). The Labute approximate surface area is 140 Å². The molecule has 0 bridgehead atoms. The summed E-state index contributed by atoms with van der Waals surface area (Å²) in [6.45, 7) is 0. The molecular formula is C12H8Cl3N7. The van der Waals surface area contributed by atoms with E-state index in [9.17, 15) is 0 Å². The van der Waals surface area contributed by atoms with Gasteiger partial charge in [0.25, 0.3) is 0 Å². The predicted molar refractivity (Wildman–Crippen MR) is 84.4 cm³/mol. The first kappa shape index (κ1) is 16.3. The van der Waals surface area contributed by atoms with Crippen molar-refractivity contribution in [3.05, 3.63) is 58.8 Å². The zero-order valence-corrected chi connectivity index (χ0v) is 13.1. The SMILES string of the molecule is Clc1nc(Cl)nc(Nc2ccccc2Cl)n1.c1ncncn1. The Morgan fingerprint density at radius 2 is 1.27 bits per heavy atom. The van der Waals surface area contributed by atoms with Crippen LogP contribution in [0.5, 0.6) is 0 Å². The van der Waals surface area contributed by atoms with Crippen LogP contribution >= 0.6 is 34.8 Å². The summed E-state index contributed by atoms with van der Waals surface area (Å²) in [5.74, 6) is 0.248. The van der Waals surface area contributed by atoms with Gasteiger partial charge in [0, 0.05) is 0 Å². The second kappa shape index (κ2) is 8.38. The van der Waals surface area contributed by atoms with E-state index in [-0.39, 0.29) is 16.5 Å². The quantitative estimate of drug-likeness (QED) is 0.752. The summed E-state index contributed by atoms with van der Waals surface area (Å²) in [6.07, 6.45) is 4.31. The van der Waals surface area contributed by atoms with Crippen molar-refractivity contribution in [2.45, 2.75) is 0 Å². The van der Waals surface area contributed by atoms with Crippen molar-refractivity contribution in [2.75, 3.05) is 5.32 Å². The summed E-state index contributed by atoms with van der Waals surface area (Å²) >= 11 is 17.2. The summed E-state index contributed by atoms with van der Waals surface area (Å²) in [6, 6.07) is 7.18. The number of benzene rings is 1. The lowest BCUT2D eigenvalue weighted by Gasteiger charge is -2.06. The number of aromatic nitrogens is 6. The van der Waals surface area contributed by atoms with Gasteiger partial charge < -0.3 is 5.32 Å². The van der Waals surface area contributed by atoms with Crippen LogP contribution in [0.15, 0.2) is 43.2 Å². The first-order valence-electron chi connectivity index (χ1n) is 5.79. The molecule has 1 aromatic carbocycles. The fourth-order valence-electron chi connectivity index (χ4n) is 1.27. The van der Waals surface area contributed by atoms with Crippen LogP contribution < -0.4 is 5.32 Å². The fraction of sp³-hybridized carbons (Fsp3) is 0. The van der Waals surface area contributed by atoms with Crippen molar-refractivity contribution in [3.8, 4) is 0 Å². The molecule has 10 heteroatoms. The summed E-state index contributed by atoms with van der Waals surface area (Å²) in [7, 11) is 0. The minimum Gasteiger partial charge on any atom is -0.323 e. The molecule has 0 aliphatic rings. The van der Waals surface area contributed by atoms with Crippen LogP contribution in [0.2, 0.25) is 15.6 Å². The molecule has 0 radical (unpaired) electrons. The molecule has 0 spiro atoms. The van der Waals surface area contributed by atoms with Gasteiger partial charge in [0.2, 0.25) is 16.5 Å². The highest BCUT2D eigenvalue weighted by atomic mass is 35.5. The maximum atomic E-state index is 5.95. The number of rotatable bonds is 2. The average molecular weight is 357 g/mol. The highest BCUT2D eigenvalue weighted by molar-refractivity contribution is 6.33. The largest absolute Gasteiger partial charge is 0.323 e. The summed E-state index contributed by atoms with van der Waals surface area (Å²) in [4.78, 5) is 22.0. The van der Waals surface area contributed by atoms with Gasteiger partial charge in [0.05, 0.1) is 10.7 Å². The summed E-state index contributed by atoms with van der Waals surface area (Å²) in [5, 5.41) is 3.49. The summed E-state index contributed by atoms with van der Waals surface area (Å²) in [5.41, 5.74) is 0.669. The van der Waals surface area contributed by atoms with Gasteiger partial charge in [-0.05, 0) is 35.3 Å². The molecule has 0 saturated heterocycles. The Kier molecular flexibility index (Phi) is 6.20. The standard InChI is InChI=1S/C9H5Cl3N4.C3H3N3/c10-5-3-1-2-4-6(5)13-9-15-7(11)14-8(12)16-9;1-4-2-6-3-5-1/h1-4H,(H,13,14,15,16);1-3H. The van der Waals surface area contributed by atoms with Gasteiger partial charge in [-0.15, -0.1) is 0 Å². The fourth-order valence-corrected chi connectivity index (χ4v) is 1.82. The van der Waals surface area contributed by atoms with Crippen molar-refractivity contribution in [1.82, 2.24) is 29.9 Å². The molecule has 2 aromatic heterocycles. The smallest absolute Gasteiger partial charge is 0.232 e. The number of anilines is 2. The zero-order valence-electron chi connectivity index (χ0n) is 10.9. The Hall–Kier alpha value is -2.09. The van der Waals surface area contributed by atoms with Crippen LogP contribution in [-0.4, -0.2) is 29.9 Å². The number of nitrogens with zero attached hydrogens (tertiary/aromatic N) is 6. The minimum absolute atomic E-state index is 0.0227. The molecule has 0 aliphatic heterocycles. The average Bonchev–Trinajstić information content (AvgIpc) is 2.51. The van der Waals surface area contributed by atoms with E-state index in [1.807, 2.05) is 12.1 Å². The third kappa shape index (κ3) is 5.36. The molecule has 2 heterocycles. The van der Waals surface area contributed by atoms with E-state index in [2.05, 4.69) is 35.2 Å². The van der Waals surface area contributed by atoms with Crippen LogP contribution in [0.4, 0.5) is 11.6 Å². The van der Waals surface area contributed by atoms with Crippen LogP contribution in [-0.2, 0) is 0 Å². The van der Waals surface area contributed by atoms with Crippen molar-refractivity contribution in [1.29, 1.82) is 0 Å². The lowest BCUT2D eigenvalue weighted by molar-refractivity contribution is 1.05. The molecule has 1 N–H and O–H groups in total. The number of halogens is 3. The van der Waals surface area contributed by atoms with Crippen LogP contribution in [0.3, 0.4) is 0 Å². The first-order chi connectivity index (χ1) is 10.6. The number of nitrogens with one attached hydrogen (secondary N) is 1. The van der Waals surface area contributed by atoms with Crippen LogP contribution in [0, 0.1) is 0 Å². The highest BCUT2D eigenvalue weighted by Gasteiger charge is 2.05. The minimum atomic E-state index is 0.0227. The number of para-hydroxylation sites is 1. The normalized spacial score (nSPS) is 9.59. The summed E-state index contributed by atoms with van der Waals surface area (Å²) < 4.78 is 0. The third-order valence-corrected chi connectivity index (χ3v) is 2.77. The van der Waals surface area contributed by atoms with E-state index in [0.717, 1.165) is 0 Å². The molecule has 0 aliphatic carbocycles. The second-order valence-corrected chi connectivity index (χ2v) is 4.68. The van der Waals surface area contributed by atoms with Crippen LogP contribution in [0.1, 0.15) is 0 Å². The van der Waals surface area contributed by atoms with E-state index < -0.39 is 0 Å². The first-order valence-corrected chi connectivity index (χ1v) is 6.92. The van der Waals surface area contributed by atoms with Gasteiger partial charge in [0.1, 0.15) is 19.0 Å². The molecular weight excluding hydrogens is 349 g/mol. The molecule has 112 valence electrons. The Morgan fingerprint density at radius 3 is 1.77 bits per heavy atom. The third-order valence-electron chi connectivity index (χ3n) is 2.10. The number of hydrogen-bond acceptors (Lipinski definition) is 7. The maximum absolute atomic E-state index is 5.95. The molecule has 7 nitrogen and oxygen atoms in total. The highest BCUT2D eigenvalue weighted by Crippen LogP contribution is 2.23. The van der Waals surface area contributed by atoms with Crippen molar-refractivity contribution in [2.24, 2.45) is 0 Å². The van der Waals surface area contributed by atoms with E-state index >= 15 is 0 Å². The molecule has 0 saturated carbocycles. The van der Waals surface area contributed by atoms with Crippen molar-refractivity contribution < 1.29 is 0 Å². The van der Waals surface area contributed by atoms with E-state index in [4.69, 9.17) is 34.8 Å². The maximum Gasteiger partial charge on any atom is 0.232 e. The lowest BCUT2D eigenvalue weighted by Crippen LogP contribution is -1.99. The lowest BCUT2D eigenvalue weighted by atomic mass is 10.3. The van der Waals surface area contributed by atoms with Gasteiger partial charge in [0.15, 0.2) is 0 Å². The van der Waals surface area contributed by atoms with E-state index in [1.54, 1.807) is 12.1 Å². The Balaban J connectivity index is 0.000000246. The van der Waals surface area contributed by atoms with Gasteiger partial charge in [-0.2, -0.15) is 15.0 Å². The molecule has 0 unspecified atom stereocenters. The topological polar surface area (TPSA) is 89.4 Å². The van der Waals surface area contributed by atoms with Gasteiger partial charge in [-0.1, -0.05) is 23.7 Å². The monoisotopic (exact) mass is 355 g/mol. The number of hydrogen-bond donors (Lipinski definition) is 1. The predicted octanol–water partition coefficient (Wildman–Crippen LogP) is 3.45. The van der Waals surface area contributed by atoms with Crippen molar-refractivity contribution in [3.63, 3.8) is 0 Å². The second-order valence-electron chi connectivity index (χ2n) is 3.60. The molecule has 0 atom stereocenters. The van der Waals surface area contributed by atoms with Crippen LogP contribution in [0.25, 0.3) is 0 Å². The molecule has 0 amide bonds. The molecule has 3 aromatic rings. The van der Waals surface area contributed by atoms with E-state index in [0.29, 0.717) is 10.7 Å². The Bertz CT molecular complexity index is 680. The van der Waals surface area contributed by atoms with Gasteiger partial charge >= 0.3 is 0 Å². The molecule has 22 heavy (non-hydrogen) atoms. The molecule has 0 fully saturated rings. The van der Waals surface area contributed by atoms with Gasteiger partial charge in [-0.25, -0.2) is 15.0 Å².